The van der Waals surface area contributed by atoms with E-state index in [9.17, 15) is 9.59 Å². The van der Waals surface area contributed by atoms with Crippen molar-refractivity contribution >= 4 is 29.3 Å². The van der Waals surface area contributed by atoms with Crippen LogP contribution in [0.5, 0.6) is 0 Å². The molecular formula is C18H27N3O2S. The molecule has 2 amide bonds. The predicted octanol–water partition coefficient (Wildman–Crippen LogP) is 2.58. The molecular weight excluding hydrogens is 322 g/mol. The van der Waals surface area contributed by atoms with Crippen molar-refractivity contribution in [1.29, 1.82) is 0 Å². The van der Waals surface area contributed by atoms with E-state index < -0.39 is 11.8 Å². The molecule has 0 bridgehead atoms. The van der Waals surface area contributed by atoms with Gasteiger partial charge in [-0.05, 0) is 64.1 Å². The topological polar surface area (TPSA) is 61.4 Å². The van der Waals surface area contributed by atoms with Crippen molar-refractivity contribution in [2.75, 3.05) is 31.2 Å². The molecule has 5 nitrogen and oxygen atoms in total. The van der Waals surface area contributed by atoms with Gasteiger partial charge < -0.3 is 15.5 Å². The summed E-state index contributed by atoms with van der Waals surface area (Å²) in [5.74, 6) is -0.705. The molecule has 132 valence electrons. The SMILES string of the molecule is CSc1ccccc1NC(=O)C(=O)NCC1CCN(C(C)C)CC1. The van der Waals surface area contributed by atoms with Crippen molar-refractivity contribution in [3.63, 3.8) is 0 Å². The van der Waals surface area contributed by atoms with Crippen molar-refractivity contribution in [2.45, 2.75) is 37.6 Å². The van der Waals surface area contributed by atoms with E-state index in [1.165, 1.54) is 11.8 Å². The van der Waals surface area contributed by atoms with Crippen LogP contribution in [0.1, 0.15) is 26.7 Å². The Morgan fingerprint density at radius 3 is 2.50 bits per heavy atom. The Hall–Kier alpha value is -1.53. The lowest BCUT2D eigenvalue weighted by molar-refractivity contribution is -0.136. The van der Waals surface area contributed by atoms with Crippen LogP contribution in [0.25, 0.3) is 0 Å². The summed E-state index contributed by atoms with van der Waals surface area (Å²) in [6.45, 7) is 7.11. The van der Waals surface area contributed by atoms with Crippen LogP contribution in [0.15, 0.2) is 29.2 Å². The maximum atomic E-state index is 12.1. The summed E-state index contributed by atoms with van der Waals surface area (Å²) in [6, 6.07) is 8.04. The van der Waals surface area contributed by atoms with E-state index in [2.05, 4.69) is 29.4 Å². The van der Waals surface area contributed by atoms with Gasteiger partial charge in [0, 0.05) is 17.5 Å². The minimum absolute atomic E-state index is 0.454. The third kappa shape index (κ3) is 5.24. The summed E-state index contributed by atoms with van der Waals surface area (Å²) in [7, 11) is 0. The number of piperidine rings is 1. The fraction of sp³-hybridized carbons (Fsp3) is 0.556. The van der Waals surface area contributed by atoms with E-state index in [-0.39, 0.29) is 0 Å². The van der Waals surface area contributed by atoms with E-state index >= 15 is 0 Å². The van der Waals surface area contributed by atoms with Crippen LogP contribution >= 0.6 is 11.8 Å². The Balaban J connectivity index is 1.77. The molecule has 0 aliphatic carbocycles. The number of carbonyl (C=O) groups is 2. The Bertz CT molecular complexity index is 569. The molecule has 0 atom stereocenters. The second-order valence-electron chi connectivity index (χ2n) is 6.44. The van der Waals surface area contributed by atoms with Gasteiger partial charge in [-0.3, -0.25) is 9.59 Å². The first kappa shape index (κ1) is 18.8. The van der Waals surface area contributed by atoms with Crippen LogP contribution in [0, 0.1) is 5.92 Å². The summed E-state index contributed by atoms with van der Waals surface area (Å²) in [4.78, 5) is 27.5. The summed E-state index contributed by atoms with van der Waals surface area (Å²) >= 11 is 1.54. The largest absolute Gasteiger partial charge is 0.348 e. The smallest absolute Gasteiger partial charge is 0.313 e. The zero-order valence-corrected chi connectivity index (χ0v) is 15.5. The molecule has 2 N–H and O–H groups in total. The maximum Gasteiger partial charge on any atom is 0.313 e. The second-order valence-corrected chi connectivity index (χ2v) is 7.29. The Morgan fingerprint density at radius 2 is 1.88 bits per heavy atom. The minimum Gasteiger partial charge on any atom is -0.348 e. The normalized spacial score (nSPS) is 16.2. The summed E-state index contributed by atoms with van der Waals surface area (Å²) in [6.07, 6.45) is 4.07. The van der Waals surface area contributed by atoms with Gasteiger partial charge in [0.15, 0.2) is 0 Å². The number of hydrogen-bond donors (Lipinski definition) is 2. The molecule has 6 heteroatoms. The van der Waals surface area contributed by atoms with Gasteiger partial charge in [-0.1, -0.05) is 12.1 Å². The van der Waals surface area contributed by atoms with E-state index in [0.717, 1.165) is 30.8 Å². The van der Waals surface area contributed by atoms with Gasteiger partial charge in [-0.15, -0.1) is 11.8 Å². The predicted molar refractivity (Wildman–Crippen MR) is 99.3 cm³/mol. The number of carbonyl (C=O) groups excluding carboxylic acids is 2. The average Bonchev–Trinajstić information content (AvgIpc) is 2.60. The van der Waals surface area contributed by atoms with Crippen molar-refractivity contribution in [2.24, 2.45) is 5.92 Å². The highest BCUT2D eigenvalue weighted by molar-refractivity contribution is 7.98. The molecule has 0 spiro atoms. The molecule has 24 heavy (non-hydrogen) atoms. The third-order valence-electron chi connectivity index (χ3n) is 4.49. The number of amides is 2. The number of para-hydroxylation sites is 1. The van der Waals surface area contributed by atoms with Crippen LogP contribution < -0.4 is 10.6 Å². The fourth-order valence-electron chi connectivity index (χ4n) is 2.92. The van der Waals surface area contributed by atoms with Gasteiger partial charge >= 0.3 is 11.8 Å². The quantitative estimate of drug-likeness (QED) is 0.634. The molecule has 0 unspecified atom stereocenters. The first-order valence-electron chi connectivity index (χ1n) is 8.47. The van der Waals surface area contributed by atoms with Gasteiger partial charge in [0.2, 0.25) is 0 Å². The number of nitrogens with zero attached hydrogens (tertiary/aromatic N) is 1. The molecule has 1 aromatic carbocycles. The number of nitrogens with one attached hydrogen (secondary N) is 2. The average molecular weight is 350 g/mol. The van der Waals surface area contributed by atoms with Crippen molar-refractivity contribution in [3.05, 3.63) is 24.3 Å². The van der Waals surface area contributed by atoms with E-state index in [1.54, 1.807) is 6.07 Å². The summed E-state index contributed by atoms with van der Waals surface area (Å²) in [5.41, 5.74) is 0.676. The van der Waals surface area contributed by atoms with Crippen LogP contribution in [0.2, 0.25) is 0 Å². The highest BCUT2D eigenvalue weighted by Crippen LogP contribution is 2.24. The van der Waals surface area contributed by atoms with Gasteiger partial charge in [-0.25, -0.2) is 0 Å². The minimum atomic E-state index is -0.601. The van der Waals surface area contributed by atoms with Crippen LogP contribution in [-0.4, -0.2) is 48.6 Å². The maximum absolute atomic E-state index is 12.1. The van der Waals surface area contributed by atoms with E-state index in [0.29, 0.717) is 24.2 Å². The van der Waals surface area contributed by atoms with Crippen LogP contribution in [0.4, 0.5) is 5.69 Å². The molecule has 1 heterocycles. The molecule has 0 radical (unpaired) electrons. The molecule has 0 saturated carbocycles. The van der Waals surface area contributed by atoms with Crippen molar-refractivity contribution < 1.29 is 9.59 Å². The molecule has 1 saturated heterocycles. The molecule has 1 aliphatic heterocycles. The highest BCUT2D eigenvalue weighted by Gasteiger charge is 2.22. The molecule has 1 fully saturated rings. The Kier molecular flexibility index (Phi) is 7.12. The lowest BCUT2D eigenvalue weighted by Crippen LogP contribution is -2.43. The summed E-state index contributed by atoms with van der Waals surface area (Å²) in [5, 5.41) is 5.47. The van der Waals surface area contributed by atoms with E-state index in [4.69, 9.17) is 0 Å². The summed E-state index contributed by atoms with van der Waals surface area (Å²) < 4.78 is 0. The molecule has 0 aromatic heterocycles. The molecule has 1 aromatic rings. The van der Waals surface area contributed by atoms with Crippen LogP contribution in [0.3, 0.4) is 0 Å². The Morgan fingerprint density at radius 1 is 1.21 bits per heavy atom. The highest BCUT2D eigenvalue weighted by atomic mass is 32.2. The lowest BCUT2D eigenvalue weighted by Gasteiger charge is -2.34. The lowest BCUT2D eigenvalue weighted by atomic mass is 9.96. The first-order valence-corrected chi connectivity index (χ1v) is 9.70. The van der Waals surface area contributed by atoms with Crippen molar-refractivity contribution in [1.82, 2.24) is 10.2 Å². The number of rotatable bonds is 5. The zero-order chi connectivity index (χ0) is 17.5. The zero-order valence-electron chi connectivity index (χ0n) is 14.7. The number of anilines is 1. The Labute approximate surface area is 148 Å². The van der Waals surface area contributed by atoms with Gasteiger partial charge in [0.1, 0.15) is 0 Å². The van der Waals surface area contributed by atoms with Gasteiger partial charge in [-0.2, -0.15) is 0 Å². The first-order chi connectivity index (χ1) is 11.5. The second kappa shape index (κ2) is 9.08. The van der Waals surface area contributed by atoms with Gasteiger partial charge in [0.05, 0.1) is 5.69 Å². The van der Waals surface area contributed by atoms with E-state index in [1.807, 2.05) is 24.5 Å². The standard InChI is InChI=1S/C18H27N3O2S/c1-13(2)21-10-8-14(9-11-21)12-19-17(22)18(23)20-15-6-4-5-7-16(15)24-3/h4-7,13-14H,8-12H2,1-3H3,(H,19,22)(H,20,23). The van der Waals surface area contributed by atoms with Crippen molar-refractivity contribution in [3.8, 4) is 0 Å². The van der Waals surface area contributed by atoms with Gasteiger partial charge in [0.25, 0.3) is 0 Å². The monoisotopic (exact) mass is 349 g/mol. The number of hydrogen-bond acceptors (Lipinski definition) is 4. The van der Waals surface area contributed by atoms with Crippen LogP contribution in [-0.2, 0) is 9.59 Å². The fourth-order valence-corrected chi connectivity index (χ4v) is 3.47. The number of likely N-dealkylation sites (tertiary alicyclic amines) is 1. The molecule has 1 aliphatic rings. The third-order valence-corrected chi connectivity index (χ3v) is 5.29. The number of benzene rings is 1. The number of thioether (sulfide) groups is 1. The molecule has 2 rings (SSSR count).